The molecular weight excluding hydrogens is 268 g/mol. The van der Waals surface area contributed by atoms with E-state index >= 15 is 0 Å². The number of benzene rings is 2. The second-order valence-corrected chi connectivity index (χ2v) is 4.57. The average molecular weight is 290 g/mol. The summed E-state index contributed by atoms with van der Waals surface area (Å²) in [6, 6.07) is 12.8. The maximum absolute atomic E-state index is 9.14. The van der Waals surface area contributed by atoms with E-state index in [9.17, 15) is 0 Å². The molecule has 2 aromatic carbocycles. The standard InChI is InChI=1S/C11H16O2.C6H6O2/c1-2-3-4-8-13-11-7-5-6-10(12)9-11;7-5-2-1-3-6(8)4-5/h5-7,9,12H,2-4,8H2,1H3;1-4,7-8H. The second-order valence-electron chi connectivity index (χ2n) is 4.57. The van der Waals surface area contributed by atoms with Gasteiger partial charge in [0.15, 0.2) is 0 Å². The van der Waals surface area contributed by atoms with Gasteiger partial charge in [-0.15, -0.1) is 0 Å². The first-order valence-electron chi connectivity index (χ1n) is 7.01. The summed E-state index contributed by atoms with van der Waals surface area (Å²) in [6.45, 7) is 2.89. The molecule has 0 aliphatic heterocycles. The lowest BCUT2D eigenvalue weighted by molar-refractivity contribution is 0.304. The lowest BCUT2D eigenvalue weighted by Crippen LogP contribution is -1.96. The molecule has 0 saturated heterocycles. The van der Waals surface area contributed by atoms with Crippen molar-refractivity contribution in [3.63, 3.8) is 0 Å². The zero-order valence-corrected chi connectivity index (χ0v) is 12.2. The lowest BCUT2D eigenvalue weighted by atomic mass is 10.3. The van der Waals surface area contributed by atoms with E-state index < -0.39 is 0 Å². The summed E-state index contributed by atoms with van der Waals surface area (Å²) in [6.07, 6.45) is 3.47. The SMILES string of the molecule is CCCCCOc1cccc(O)c1.Oc1cccc(O)c1. The molecule has 0 aromatic heterocycles. The summed E-state index contributed by atoms with van der Waals surface area (Å²) < 4.78 is 5.43. The van der Waals surface area contributed by atoms with Crippen LogP contribution in [-0.4, -0.2) is 21.9 Å². The second kappa shape index (κ2) is 9.53. The Balaban J connectivity index is 0.000000235. The predicted octanol–water partition coefficient (Wildman–Crippen LogP) is 4.06. The molecule has 0 radical (unpaired) electrons. The Kier molecular flexibility index (Phi) is 7.58. The Hall–Kier alpha value is -2.36. The van der Waals surface area contributed by atoms with Crippen molar-refractivity contribution in [3.8, 4) is 23.0 Å². The van der Waals surface area contributed by atoms with Crippen LogP contribution in [0.2, 0.25) is 0 Å². The van der Waals surface area contributed by atoms with Crippen molar-refractivity contribution < 1.29 is 20.1 Å². The zero-order valence-electron chi connectivity index (χ0n) is 12.2. The highest BCUT2D eigenvalue weighted by molar-refractivity contribution is 5.31. The number of rotatable bonds is 5. The Morgan fingerprint density at radius 2 is 1.38 bits per heavy atom. The van der Waals surface area contributed by atoms with E-state index in [1.165, 1.54) is 31.0 Å². The van der Waals surface area contributed by atoms with Crippen LogP contribution < -0.4 is 4.74 Å². The smallest absolute Gasteiger partial charge is 0.122 e. The maximum atomic E-state index is 9.14. The third-order valence-electron chi connectivity index (χ3n) is 2.66. The van der Waals surface area contributed by atoms with Crippen LogP contribution >= 0.6 is 0 Å². The average Bonchev–Trinajstić information content (AvgIpc) is 2.44. The minimum atomic E-state index is 0.0880. The van der Waals surface area contributed by atoms with E-state index in [1.807, 2.05) is 6.07 Å². The van der Waals surface area contributed by atoms with Gasteiger partial charge in [-0.1, -0.05) is 31.9 Å². The van der Waals surface area contributed by atoms with E-state index in [0.717, 1.165) is 18.8 Å². The molecule has 0 fully saturated rings. The Morgan fingerprint density at radius 3 is 1.86 bits per heavy atom. The van der Waals surface area contributed by atoms with Gasteiger partial charge in [0.05, 0.1) is 6.61 Å². The number of phenolic OH excluding ortho intramolecular Hbond substituents is 3. The minimum Gasteiger partial charge on any atom is -0.508 e. The summed E-state index contributed by atoms with van der Waals surface area (Å²) in [4.78, 5) is 0. The largest absolute Gasteiger partial charge is 0.508 e. The highest BCUT2D eigenvalue weighted by Crippen LogP contribution is 2.17. The monoisotopic (exact) mass is 290 g/mol. The number of hydrogen-bond donors (Lipinski definition) is 3. The van der Waals surface area contributed by atoms with E-state index in [-0.39, 0.29) is 17.2 Å². The third kappa shape index (κ3) is 7.72. The molecule has 0 spiro atoms. The van der Waals surface area contributed by atoms with Crippen molar-refractivity contribution in [1.82, 2.24) is 0 Å². The molecule has 0 saturated carbocycles. The van der Waals surface area contributed by atoms with Crippen LogP contribution in [0.1, 0.15) is 26.2 Å². The number of phenols is 3. The fraction of sp³-hybridized carbons (Fsp3) is 0.294. The van der Waals surface area contributed by atoms with E-state index in [4.69, 9.17) is 20.1 Å². The molecule has 2 rings (SSSR count). The van der Waals surface area contributed by atoms with Crippen LogP contribution in [0, 0.1) is 0 Å². The van der Waals surface area contributed by atoms with Gasteiger partial charge in [0.1, 0.15) is 23.0 Å². The quantitative estimate of drug-likeness (QED) is 0.726. The molecule has 0 aliphatic rings. The first-order chi connectivity index (χ1) is 10.1. The van der Waals surface area contributed by atoms with E-state index in [2.05, 4.69) is 6.92 Å². The van der Waals surface area contributed by atoms with Gasteiger partial charge in [0.25, 0.3) is 0 Å². The van der Waals surface area contributed by atoms with Gasteiger partial charge in [0.2, 0.25) is 0 Å². The first-order valence-corrected chi connectivity index (χ1v) is 7.01. The van der Waals surface area contributed by atoms with Gasteiger partial charge in [-0.05, 0) is 30.7 Å². The van der Waals surface area contributed by atoms with Crippen molar-refractivity contribution in [3.05, 3.63) is 48.5 Å². The fourth-order valence-electron chi connectivity index (χ4n) is 1.61. The van der Waals surface area contributed by atoms with Crippen molar-refractivity contribution in [2.24, 2.45) is 0 Å². The first kappa shape index (κ1) is 16.7. The molecule has 0 heterocycles. The number of ether oxygens (including phenoxy) is 1. The summed E-state index contributed by atoms with van der Waals surface area (Å²) >= 11 is 0. The molecular formula is C17H22O4. The van der Waals surface area contributed by atoms with Crippen LogP contribution in [-0.2, 0) is 0 Å². The molecule has 114 valence electrons. The third-order valence-corrected chi connectivity index (χ3v) is 2.66. The lowest BCUT2D eigenvalue weighted by Gasteiger charge is -2.05. The predicted molar refractivity (Wildman–Crippen MR) is 82.9 cm³/mol. The Labute approximate surface area is 125 Å². The molecule has 0 unspecified atom stereocenters. The topological polar surface area (TPSA) is 69.9 Å². The molecule has 4 nitrogen and oxygen atoms in total. The summed E-state index contributed by atoms with van der Waals surface area (Å²) in [5.74, 6) is 1.18. The molecule has 0 aliphatic carbocycles. The summed E-state index contributed by atoms with van der Waals surface area (Å²) in [5, 5.41) is 26.4. The van der Waals surface area contributed by atoms with Crippen molar-refractivity contribution in [2.75, 3.05) is 6.61 Å². The van der Waals surface area contributed by atoms with E-state index in [1.54, 1.807) is 24.3 Å². The molecule has 3 N–H and O–H groups in total. The molecule has 0 atom stereocenters. The Morgan fingerprint density at radius 1 is 0.810 bits per heavy atom. The number of hydrogen-bond acceptors (Lipinski definition) is 4. The molecule has 0 bridgehead atoms. The van der Waals surface area contributed by atoms with Gasteiger partial charge < -0.3 is 20.1 Å². The maximum Gasteiger partial charge on any atom is 0.122 e. The molecule has 4 heteroatoms. The number of unbranched alkanes of at least 4 members (excludes halogenated alkanes) is 2. The normalized spacial score (nSPS) is 9.57. The van der Waals surface area contributed by atoms with Gasteiger partial charge in [0, 0.05) is 12.1 Å². The van der Waals surface area contributed by atoms with Crippen LogP contribution in [0.3, 0.4) is 0 Å². The van der Waals surface area contributed by atoms with Gasteiger partial charge in [-0.25, -0.2) is 0 Å². The molecule has 21 heavy (non-hydrogen) atoms. The van der Waals surface area contributed by atoms with E-state index in [0.29, 0.717) is 0 Å². The highest BCUT2D eigenvalue weighted by Gasteiger charge is 1.94. The van der Waals surface area contributed by atoms with Crippen molar-refractivity contribution >= 4 is 0 Å². The molecule has 2 aromatic rings. The number of aromatic hydroxyl groups is 3. The van der Waals surface area contributed by atoms with Gasteiger partial charge >= 0.3 is 0 Å². The van der Waals surface area contributed by atoms with Crippen LogP contribution in [0.25, 0.3) is 0 Å². The Bertz CT molecular complexity index is 508. The van der Waals surface area contributed by atoms with Crippen molar-refractivity contribution in [2.45, 2.75) is 26.2 Å². The van der Waals surface area contributed by atoms with Crippen LogP contribution in [0.15, 0.2) is 48.5 Å². The zero-order chi connectivity index (χ0) is 15.5. The van der Waals surface area contributed by atoms with Crippen LogP contribution in [0.5, 0.6) is 23.0 Å². The van der Waals surface area contributed by atoms with Crippen molar-refractivity contribution in [1.29, 1.82) is 0 Å². The fourth-order valence-corrected chi connectivity index (χ4v) is 1.61. The van der Waals surface area contributed by atoms with Gasteiger partial charge in [-0.2, -0.15) is 0 Å². The summed E-state index contributed by atoms with van der Waals surface area (Å²) in [5.41, 5.74) is 0. The van der Waals surface area contributed by atoms with Crippen LogP contribution in [0.4, 0.5) is 0 Å². The highest BCUT2D eigenvalue weighted by atomic mass is 16.5. The summed E-state index contributed by atoms with van der Waals surface area (Å²) in [7, 11) is 0. The molecule has 0 amide bonds. The van der Waals surface area contributed by atoms with Gasteiger partial charge in [-0.3, -0.25) is 0 Å². The minimum absolute atomic E-state index is 0.0880.